The highest BCUT2D eigenvalue weighted by Crippen LogP contribution is 2.19. The molecule has 0 radical (unpaired) electrons. The van der Waals surface area contributed by atoms with Crippen LogP contribution in [-0.2, 0) is 19.6 Å². The number of likely N-dealkylation sites (tertiary alicyclic amines) is 1. The molecule has 0 spiro atoms. The maximum atomic E-state index is 12.7. The van der Waals surface area contributed by atoms with Gasteiger partial charge in [0.2, 0.25) is 21.8 Å². The molecule has 2 aromatic rings. The van der Waals surface area contributed by atoms with E-state index in [1.807, 2.05) is 29.2 Å². The van der Waals surface area contributed by atoms with Crippen LogP contribution in [0.4, 0.5) is 0 Å². The first-order chi connectivity index (χ1) is 16.4. The first-order valence-electron chi connectivity index (χ1n) is 12.2. The summed E-state index contributed by atoms with van der Waals surface area (Å²) in [6, 6.07) is 12.6. The monoisotopic (exact) mass is 486 g/mol. The van der Waals surface area contributed by atoms with Crippen LogP contribution in [0.25, 0.3) is 10.8 Å². The Kier molecular flexibility index (Phi) is 8.18. The van der Waals surface area contributed by atoms with Gasteiger partial charge in [0.15, 0.2) is 0 Å². The second-order valence-corrected chi connectivity index (χ2v) is 10.9. The van der Waals surface area contributed by atoms with Gasteiger partial charge in [0, 0.05) is 52.2 Å². The zero-order chi connectivity index (χ0) is 24.0. The molecule has 184 valence electrons. The van der Waals surface area contributed by atoms with E-state index in [1.165, 1.54) is 12.8 Å². The molecule has 0 saturated carbocycles. The molecule has 0 atom stereocenters. The molecular formula is C25H34N4O4S. The van der Waals surface area contributed by atoms with Crippen molar-refractivity contribution in [2.45, 2.75) is 37.0 Å². The molecule has 1 N–H and O–H groups in total. The van der Waals surface area contributed by atoms with Crippen molar-refractivity contribution in [2.24, 2.45) is 0 Å². The Balaban J connectivity index is 1.20. The second kappa shape index (κ2) is 11.3. The van der Waals surface area contributed by atoms with Crippen LogP contribution in [0.2, 0.25) is 0 Å². The van der Waals surface area contributed by atoms with Crippen molar-refractivity contribution < 1.29 is 18.0 Å². The number of benzene rings is 2. The number of carbonyl (C=O) groups is 2. The van der Waals surface area contributed by atoms with E-state index in [4.69, 9.17) is 0 Å². The Hall–Kier alpha value is -2.49. The minimum atomic E-state index is -3.68. The average molecular weight is 487 g/mol. The van der Waals surface area contributed by atoms with Crippen LogP contribution in [0.15, 0.2) is 47.4 Å². The first kappa shape index (κ1) is 24.6. The summed E-state index contributed by atoms with van der Waals surface area (Å²) in [5, 5.41) is 1.83. The van der Waals surface area contributed by atoms with E-state index < -0.39 is 10.0 Å². The molecule has 8 nitrogen and oxygen atoms in total. The molecule has 0 unspecified atom stereocenters. The van der Waals surface area contributed by atoms with E-state index in [0.29, 0.717) is 32.7 Å². The maximum Gasteiger partial charge on any atom is 0.240 e. The van der Waals surface area contributed by atoms with Crippen molar-refractivity contribution in [1.82, 2.24) is 19.4 Å². The number of nitrogens with one attached hydrogen (secondary N) is 1. The van der Waals surface area contributed by atoms with E-state index in [2.05, 4.69) is 9.62 Å². The number of hydrogen-bond acceptors (Lipinski definition) is 5. The van der Waals surface area contributed by atoms with Crippen molar-refractivity contribution >= 4 is 32.6 Å². The van der Waals surface area contributed by atoms with Gasteiger partial charge in [0.25, 0.3) is 0 Å². The number of piperazine rings is 1. The fourth-order valence-corrected chi connectivity index (χ4v) is 5.70. The quantitative estimate of drug-likeness (QED) is 0.647. The highest BCUT2D eigenvalue weighted by atomic mass is 32.2. The van der Waals surface area contributed by atoms with E-state index in [-0.39, 0.29) is 29.7 Å². The molecule has 9 heteroatoms. The molecule has 34 heavy (non-hydrogen) atoms. The Morgan fingerprint density at radius 2 is 1.41 bits per heavy atom. The normalized spacial score (nSPS) is 18.1. The predicted octanol–water partition coefficient (Wildman–Crippen LogP) is 2.05. The van der Waals surface area contributed by atoms with Gasteiger partial charge in [-0.3, -0.25) is 14.5 Å². The minimum Gasteiger partial charge on any atom is -0.342 e. The van der Waals surface area contributed by atoms with E-state index in [0.717, 1.165) is 36.7 Å². The van der Waals surface area contributed by atoms with Gasteiger partial charge in [-0.05, 0) is 35.7 Å². The molecular weight excluding hydrogens is 452 g/mol. The van der Waals surface area contributed by atoms with Crippen LogP contribution in [0.1, 0.15) is 32.1 Å². The van der Waals surface area contributed by atoms with Crippen LogP contribution in [0.5, 0.6) is 0 Å². The molecule has 2 aliphatic rings. The van der Waals surface area contributed by atoms with Crippen molar-refractivity contribution in [3.63, 3.8) is 0 Å². The summed E-state index contributed by atoms with van der Waals surface area (Å²) in [5.74, 6) is 0.115. The van der Waals surface area contributed by atoms with Crippen molar-refractivity contribution in [3.8, 4) is 0 Å². The van der Waals surface area contributed by atoms with Crippen LogP contribution in [0, 0.1) is 0 Å². The lowest BCUT2D eigenvalue weighted by molar-refractivity contribution is -0.135. The number of rotatable bonds is 7. The minimum absolute atomic E-state index is 0.0572. The lowest BCUT2D eigenvalue weighted by atomic mass is 10.1. The topological polar surface area (TPSA) is 90.0 Å². The van der Waals surface area contributed by atoms with Crippen molar-refractivity contribution in [2.75, 3.05) is 52.4 Å². The maximum absolute atomic E-state index is 12.7. The Bertz CT molecular complexity index is 1100. The third-order valence-corrected chi connectivity index (χ3v) is 8.16. The fourth-order valence-electron chi connectivity index (χ4n) is 4.64. The van der Waals surface area contributed by atoms with Gasteiger partial charge < -0.3 is 9.80 Å². The summed E-state index contributed by atoms with van der Waals surface area (Å²) in [6.07, 6.45) is 4.67. The summed E-state index contributed by atoms with van der Waals surface area (Å²) in [4.78, 5) is 31.3. The Labute approximate surface area is 201 Å². The van der Waals surface area contributed by atoms with Crippen LogP contribution < -0.4 is 4.72 Å². The Morgan fingerprint density at radius 1 is 0.765 bits per heavy atom. The zero-order valence-electron chi connectivity index (χ0n) is 19.6. The Morgan fingerprint density at radius 3 is 2.12 bits per heavy atom. The van der Waals surface area contributed by atoms with Crippen LogP contribution >= 0.6 is 0 Å². The highest BCUT2D eigenvalue weighted by Gasteiger charge is 2.25. The summed E-state index contributed by atoms with van der Waals surface area (Å²) in [7, 11) is -3.68. The summed E-state index contributed by atoms with van der Waals surface area (Å²) in [6.45, 7) is 4.61. The molecule has 2 aliphatic heterocycles. The van der Waals surface area contributed by atoms with Gasteiger partial charge in [-0.15, -0.1) is 0 Å². The molecule has 4 rings (SSSR count). The smallest absolute Gasteiger partial charge is 0.240 e. The highest BCUT2D eigenvalue weighted by molar-refractivity contribution is 7.89. The van der Waals surface area contributed by atoms with Gasteiger partial charge in [-0.2, -0.15) is 0 Å². The van der Waals surface area contributed by atoms with E-state index in [1.54, 1.807) is 23.1 Å². The van der Waals surface area contributed by atoms with Crippen LogP contribution in [-0.4, -0.2) is 87.3 Å². The third kappa shape index (κ3) is 6.34. The standard InChI is InChI=1S/C25H34N4O4S/c30-24(11-12-26-34(32,33)23-10-9-21-7-3-4-8-22(21)19-23)29-17-15-27(16-18-29)20-25(31)28-13-5-1-2-6-14-28/h3-4,7-10,19,26H,1-2,5-6,11-18,20H2. The van der Waals surface area contributed by atoms with Gasteiger partial charge in [-0.1, -0.05) is 43.2 Å². The van der Waals surface area contributed by atoms with Crippen LogP contribution in [0.3, 0.4) is 0 Å². The fraction of sp³-hybridized carbons (Fsp3) is 0.520. The molecule has 0 bridgehead atoms. The lowest BCUT2D eigenvalue weighted by Crippen LogP contribution is -2.52. The van der Waals surface area contributed by atoms with Gasteiger partial charge in [0.05, 0.1) is 11.4 Å². The number of carbonyl (C=O) groups excluding carboxylic acids is 2. The number of amides is 2. The molecule has 2 fully saturated rings. The number of hydrogen-bond donors (Lipinski definition) is 1. The molecule has 0 aliphatic carbocycles. The van der Waals surface area contributed by atoms with Gasteiger partial charge in [-0.25, -0.2) is 13.1 Å². The number of nitrogens with zero attached hydrogens (tertiary/aromatic N) is 3. The SMILES string of the molecule is O=C(CCNS(=O)(=O)c1ccc2ccccc2c1)N1CCN(CC(=O)N2CCCCCC2)CC1. The summed E-state index contributed by atoms with van der Waals surface area (Å²) < 4.78 is 27.9. The summed E-state index contributed by atoms with van der Waals surface area (Å²) in [5.41, 5.74) is 0. The first-order valence-corrected chi connectivity index (χ1v) is 13.7. The zero-order valence-corrected chi connectivity index (χ0v) is 20.4. The predicted molar refractivity (Wildman–Crippen MR) is 132 cm³/mol. The van der Waals surface area contributed by atoms with Gasteiger partial charge in [0.1, 0.15) is 0 Å². The van der Waals surface area contributed by atoms with Crippen molar-refractivity contribution in [1.29, 1.82) is 0 Å². The molecule has 0 aromatic heterocycles. The third-order valence-electron chi connectivity index (χ3n) is 6.70. The number of fused-ring (bicyclic) bond motifs is 1. The van der Waals surface area contributed by atoms with E-state index in [9.17, 15) is 18.0 Å². The largest absolute Gasteiger partial charge is 0.342 e. The molecule has 2 aromatic carbocycles. The summed E-state index contributed by atoms with van der Waals surface area (Å²) >= 11 is 0. The molecule has 2 amide bonds. The van der Waals surface area contributed by atoms with E-state index >= 15 is 0 Å². The average Bonchev–Trinajstić information content (AvgIpc) is 3.14. The number of sulfonamides is 1. The molecule has 2 saturated heterocycles. The lowest BCUT2D eigenvalue weighted by Gasteiger charge is -2.35. The molecule has 2 heterocycles. The van der Waals surface area contributed by atoms with Crippen molar-refractivity contribution in [3.05, 3.63) is 42.5 Å². The van der Waals surface area contributed by atoms with Gasteiger partial charge >= 0.3 is 0 Å². The second-order valence-electron chi connectivity index (χ2n) is 9.11.